The summed E-state index contributed by atoms with van der Waals surface area (Å²) in [5.41, 5.74) is 4.23. The van der Waals surface area contributed by atoms with Crippen molar-refractivity contribution in [1.29, 1.82) is 0 Å². The molecule has 0 bridgehead atoms. The highest BCUT2D eigenvalue weighted by atomic mass is 19.1. The molecule has 1 unspecified atom stereocenters. The summed E-state index contributed by atoms with van der Waals surface area (Å²) in [7, 11) is 1.68. The standard InChI is InChI=1S/C32H34FN7O4/c1-39-37-29(36-38-39)25-8-5-9-26(18-25)35-32(44)40(27-16-14-23(15-17-27)22-6-3-2-4-7-22)20-21-10-12-24(13-11-21)30(41)34-19-28(33)31(42)43/h5,8-18,22,28H,2-4,6-7,19-20H2,1H3,(H,34,41)(H,35,44)(H,42,43). The number of aryl methyl sites for hydroxylation is 1. The lowest BCUT2D eigenvalue weighted by Crippen LogP contribution is -2.35. The van der Waals surface area contributed by atoms with Crippen molar-refractivity contribution in [2.45, 2.75) is 50.7 Å². The lowest BCUT2D eigenvalue weighted by atomic mass is 9.84. The summed E-state index contributed by atoms with van der Waals surface area (Å²) in [6.45, 7) is -0.428. The fourth-order valence-corrected chi connectivity index (χ4v) is 5.29. The lowest BCUT2D eigenvalue weighted by molar-refractivity contribution is -0.142. The van der Waals surface area contributed by atoms with Gasteiger partial charge in [0.25, 0.3) is 5.91 Å². The number of carbonyl (C=O) groups excluding carboxylic acids is 2. The molecule has 0 spiro atoms. The number of alkyl halides is 1. The third-order valence-corrected chi connectivity index (χ3v) is 7.67. The quantitative estimate of drug-likeness (QED) is 0.224. The van der Waals surface area contributed by atoms with Gasteiger partial charge in [0.2, 0.25) is 12.0 Å². The number of nitrogens with one attached hydrogen (secondary N) is 2. The predicted molar refractivity (Wildman–Crippen MR) is 163 cm³/mol. The van der Waals surface area contributed by atoms with Crippen molar-refractivity contribution in [3.05, 3.63) is 89.5 Å². The summed E-state index contributed by atoms with van der Waals surface area (Å²) in [5.74, 6) is -1.26. The molecular weight excluding hydrogens is 565 g/mol. The van der Waals surface area contributed by atoms with Gasteiger partial charge in [-0.15, -0.1) is 10.2 Å². The molecule has 0 saturated heterocycles. The average molecular weight is 600 g/mol. The number of hydrogen-bond donors (Lipinski definition) is 3. The number of aromatic nitrogens is 4. The Kier molecular flexibility index (Phi) is 9.58. The molecule has 1 aliphatic rings. The van der Waals surface area contributed by atoms with E-state index in [0.717, 1.165) is 5.56 Å². The molecular formula is C32H34FN7O4. The molecule has 3 amide bonds. The van der Waals surface area contributed by atoms with Gasteiger partial charge in [0.1, 0.15) is 0 Å². The molecule has 228 valence electrons. The second kappa shape index (κ2) is 13.9. The molecule has 1 aliphatic carbocycles. The van der Waals surface area contributed by atoms with Crippen LogP contribution in [0.3, 0.4) is 0 Å². The summed E-state index contributed by atoms with van der Waals surface area (Å²) >= 11 is 0. The van der Waals surface area contributed by atoms with Crippen LogP contribution < -0.4 is 15.5 Å². The maximum Gasteiger partial charge on any atom is 0.340 e. The number of nitrogens with zero attached hydrogens (tertiary/aromatic N) is 5. The molecule has 12 heteroatoms. The van der Waals surface area contributed by atoms with Gasteiger partial charge in [-0.05, 0) is 71.5 Å². The third-order valence-electron chi connectivity index (χ3n) is 7.67. The zero-order valence-electron chi connectivity index (χ0n) is 24.3. The number of carboxylic acid groups (broad SMARTS) is 1. The van der Waals surface area contributed by atoms with Crippen molar-refractivity contribution in [2.24, 2.45) is 7.05 Å². The van der Waals surface area contributed by atoms with E-state index in [0.29, 0.717) is 28.7 Å². The number of urea groups is 1. The van der Waals surface area contributed by atoms with Crippen LogP contribution in [0.15, 0.2) is 72.8 Å². The maximum atomic E-state index is 13.8. The fraction of sp³-hybridized carbons (Fsp3) is 0.312. The van der Waals surface area contributed by atoms with Gasteiger partial charge in [-0.1, -0.05) is 55.7 Å². The number of hydrogen-bond acceptors (Lipinski definition) is 6. The summed E-state index contributed by atoms with van der Waals surface area (Å²) in [4.78, 5) is 39.8. The van der Waals surface area contributed by atoms with E-state index in [2.05, 4.69) is 38.2 Å². The lowest BCUT2D eigenvalue weighted by Gasteiger charge is -2.26. The Hall–Kier alpha value is -5.13. The Balaban J connectivity index is 1.35. The molecule has 3 N–H and O–H groups in total. The van der Waals surface area contributed by atoms with Crippen LogP contribution in [0.2, 0.25) is 0 Å². The van der Waals surface area contributed by atoms with Crippen molar-refractivity contribution in [2.75, 3.05) is 16.8 Å². The van der Waals surface area contributed by atoms with Gasteiger partial charge in [0.15, 0.2) is 0 Å². The Morgan fingerprint density at radius 1 is 1.02 bits per heavy atom. The fourth-order valence-electron chi connectivity index (χ4n) is 5.29. The first kappa shape index (κ1) is 30.3. The van der Waals surface area contributed by atoms with E-state index in [1.165, 1.54) is 42.5 Å². The normalized spacial score (nSPS) is 14.0. The number of rotatable bonds is 10. The molecule has 11 nitrogen and oxygen atoms in total. The molecule has 5 rings (SSSR count). The predicted octanol–water partition coefficient (Wildman–Crippen LogP) is 5.32. The van der Waals surface area contributed by atoms with Crippen LogP contribution in [-0.4, -0.2) is 55.9 Å². The highest BCUT2D eigenvalue weighted by Gasteiger charge is 2.21. The second-order valence-corrected chi connectivity index (χ2v) is 10.8. The van der Waals surface area contributed by atoms with Gasteiger partial charge in [0.05, 0.1) is 20.1 Å². The first-order chi connectivity index (χ1) is 21.3. The number of halogens is 1. The van der Waals surface area contributed by atoms with Gasteiger partial charge in [0, 0.05) is 22.5 Å². The minimum Gasteiger partial charge on any atom is -0.479 e. The van der Waals surface area contributed by atoms with Gasteiger partial charge in [-0.25, -0.2) is 14.0 Å². The summed E-state index contributed by atoms with van der Waals surface area (Å²) in [6, 6.07) is 21.5. The maximum absolute atomic E-state index is 13.8. The largest absolute Gasteiger partial charge is 0.479 e. The number of amides is 3. The third kappa shape index (κ3) is 7.63. The number of aliphatic carboxylic acids is 1. The second-order valence-electron chi connectivity index (χ2n) is 10.8. The topological polar surface area (TPSA) is 142 Å². The molecule has 3 aromatic carbocycles. The van der Waals surface area contributed by atoms with Gasteiger partial charge in [-0.2, -0.15) is 4.80 Å². The minimum atomic E-state index is -2.19. The van der Waals surface area contributed by atoms with E-state index >= 15 is 0 Å². The Labute approximate surface area is 254 Å². The molecule has 1 fully saturated rings. The minimum absolute atomic E-state index is 0.202. The van der Waals surface area contributed by atoms with Crippen LogP contribution in [0.5, 0.6) is 0 Å². The van der Waals surface area contributed by atoms with E-state index in [1.807, 2.05) is 18.2 Å². The highest BCUT2D eigenvalue weighted by Crippen LogP contribution is 2.33. The van der Waals surface area contributed by atoms with Crippen LogP contribution in [0, 0.1) is 0 Å². The van der Waals surface area contributed by atoms with E-state index in [1.54, 1.807) is 54.4 Å². The van der Waals surface area contributed by atoms with Crippen molar-refractivity contribution in [3.63, 3.8) is 0 Å². The first-order valence-corrected chi connectivity index (χ1v) is 14.5. The highest BCUT2D eigenvalue weighted by molar-refractivity contribution is 6.02. The zero-order valence-corrected chi connectivity index (χ0v) is 24.3. The zero-order chi connectivity index (χ0) is 31.1. The molecule has 1 atom stereocenters. The Morgan fingerprint density at radius 2 is 1.75 bits per heavy atom. The number of tetrazole rings is 1. The molecule has 1 aromatic heterocycles. The molecule has 4 aromatic rings. The van der Waals surface area contributed by atoms with Crippen LogP contribution in [0.4, 0.5) is 20.6 Å². The van der Waals surface area contributed by atoms with Crippen molar-refractivity contribution >= 4 is 29.3 Å². The summed E-state index contributed by atoms with van der Waals surface area (Å²) in [5, 5.41) is 26.1. The first-order valence-electron chi connectivity index (χ1n) is 14.5. The summed E-state index contributed by atoms with van der Waals surface area (Å²) < 4.78 is 13.4. The Morgan fingerprint density at radius 3 is 2.41 bits per heavy atom. The number of anilines is 2. The number of carboxylic acids is 1. The van der Waals surface area contributed by atoms with E-state index in [9.17, 15) is 18.8 Å². The molecule has 0 aliphatic heterocycles. The van der Waals surface area contributed by atoms with E-state index in [-0.39, 0.29) is 18.1 Å². The van der Waals surface area contributed by atoms with Crippen molar-refractivity contribution < 1.29 is 23.9 Å². The van der Waals surface area contributed by atoms with Crippen LogP contribution in [-0.2, 0) is 18.4 Å². The smallest absolute Gasteiger partial charge is 0.340 e. The Bertz CT molecular complexity index is 1600. The molecule has 0 radical (unpaired) electrons. The molecule has 1 saturated carbocycles. The van der Waals surface area contributed by atoms with Gasteiger partial charge < -0.3 is 15.7 Å². The van der Waals surface area contributed by atoms with Crippen LogP contribution in [0.1, 0.15) is 59.5 Å². The SMILES string of the molecule is Cn1nnc(-c2cccc(NC(=O)N(Cc3ccc(C(=O)NCC(F)C(=O)O)cc3)c3ccc(C4CCCCC4)cc3)c2)n1. The molecule has 1 heterocycles. The monoisotopic (exact) mass is 599 g/mol. The van der Waals surface area contributed by atoms with Gasteiger partial charge >= 0.3 is 12.0 Å². The van der Waals surface area contributed by atoms with E-state index in [4.69, 9.17) is 5.11 Å². The summed E-state index contributed by atoms with van der Waals surface area (Å²) in [6.07, 6.45) is 3.88. The van der Waals surface area contributed by atoms with Gasteiger partial charge in [-0.3, -0.25) is 9.69 Å². The van der Waals surface area contributed by atoms with Crippen molar-refractivity contribution in [3.8, 4) is 11.4 Å². The molecule has 44 heavy (non-hydrogen) atoms. The average Bonchev–Trinajstić information content (AvgIpc) is 3.49. The number of benzene rings is 3. The van der Waals surface area contributed by atoms with E-state index < -0.39 is 24.6 Å². The van der Waals surface area contributed by atoms with Crippen LogP contribution >= 0.6 is 0 Å². The van der Waals surface area contributed by atoms with Crippen LogP contribution in [0.25, 0.3) is 11.4 Å². The van der Waals surface area contributed by atoms with Crippen molar-refractivity contribution in [1.82, 2.24) is 25.5 Å². The number of carbonyl (C=O) groups is 3.